The molecule has 2 amide bonds. The number of aromatic nitrogens is 2. The number of aliphatic hydroxyl groups excluding tert-OH is 1. The highest BCUT2D eigenvalue weighted by atomic mass is 32.1. The van der Waals surface area contributed by atoms with Crippen LogP contribution in [-0.4, -0.2) is 45.1 Å². The molecule has 0 aliphatic heterocycles. The van der Waals surface area contributed by atoms with Crippen molar-refractivity contribution in [1.82, 2.24) is 15.5 Å². The summed E-state index contributed by atoms with van der Waals surface area (Å²) in [5.74, 6) is -1.39. The number of rotatable bonds is 5. The number of anilines is 1. The van der Waals surface area contributed by atoms with E-state index in [1.165, 1.54) is 11.3 Å². The number of carboxylic acid groups (broad SMARTS) is 1. The maximum Gasteiger partial charge on any atom is 0.334 e. The van der Waals surface area contributed by atoms with Crippen LogP contribution in [0.4, 0.5) is 9.93 Å². The predicted molar refractivity (Wildman–Crippen MR) is 60.0 cm³/mol. The summed E-state index contributed by atoms with van der Waals surface area (Å²) in [6.07, 6.45) is -0.903. The van der Waals surface area contributed by atoms with Crippen LogP contribution in [0, 0.1) is 0 Å². The smallest absolute Gasteiger partial charge is 0.334 e. The number of aryl methyl sites for hydroxylation is 1. The molecular weight excluding hydrogens is 248 g/mol. The Morgan fingerprint density at radius 3 is 2.71 bits per heavy atom. The first-order chi connectivity index (χ1) is 8.02. The summed E-state index contributed by atoms with van der Waals surface area (Å²) in [5.41, 5.74) is 0. The molecule has 4 N–H and O–H groups in total. The quantitative estimate of drug-likeness (QED) is 0.574. The number of nitrogens with one attached hydrogen (secondary N) is 2. The molecule has 0 aliphatic carbocycles. The second-order valence-corrected chi connectivity index (χ2v) is 4.11. The average Bonchev–Trinajstić information content (AvgIpc) is 2.73. The number of amides is 2. The van der Waals surface area contributed by atoms with Crippen LogP contribution < -0.4 is 10.6 Å². The third-order valence-corrected chi connectivity index (χ3v) is 2.71. The van der Waals surface area contributed by atoms with Crippen molar-refractivity contribution in [3.8, 4) is 0 Å². The molecule has 1 heterocycles. The minimum atomic E-state index is -1.62. The molecule has 0 bridgehead atoms. The molecule has 0 radical (unpaired) electrons. The molecule has 8 nitrogen and oxygen atoms in total. The molecule has 0 aliphatic rings. The monoisotopic (exact) mass is 260 g/mol. The van der Waals surface area contributed by atoms with Crippen LogP contribution in [-0.2, 0) is 11.2 Å². The van der Waals surface area contributed by atoms with Gasteiger partial charge in [0.1, 0.15) is 5.01 Å². The lowest BCUT2D eigenvalue weighted by atomic mass is 10.4. The third-order valence-electron chi connectivity index (χ3n) is 1.73. The van der Waals surface area contributed by atoms with Gasteiger partial charge in [-0.05, 0) is 6.42 Å². The zero-order valence-corrected chi connectivity index (χ0v) is 9.82. The lowest BCUT2D eigenvalue weighted by Crippen LogP contribution is -2.38. The van der Waals surface area contributed by atoms with Crippen molar-refractivity contribution in [1.29, 1.82) is 0 Å². The number of aliphatic carboxylic acids is 1. The van der Waals surface area contributed by atoms with Crippen molar-refractivity contribution in [3.05, 3.63) is 5.01 Å². The van der Waals surface area contributed by atoms with Gasteiger partial charge in [-0.25, -0.2) is 9.59 Å². The van der Waals surface area contributed by atoms with Crippen LogP contribution in [0.15, 0.2) is 0 Å². The standard InChI is InChI=1S/C8H12N4O4S/c1-2-5-11-12-8(17-5)10-7(16)9-3-4(13)6(14)15/h4,13H,2-3H2,1H3,(H,14,15)(H2,9,10,12,16). The fraction of sp³-hybridized carbons (Fsp3) is 0.500. The van der Waals surface area contributed by atoms with E-state index in [1.807, 2.05) is 6.92 Å². The van der Waals surface area contributed by atoms with E-state index in [1.54, 1.807) is 0 Å². The van der Waals surface area contributed by atoms with Crippen LogP contribution in [0.1, 0.15) is 11.9 Å². The molecule has 0 saturated carbocycles. The number of carbonyl (C=O) groups is 2. The normalized spacial score (nSPS) is 11.9. The van der Waals surface area contributed by atoms with E-state index in [-0.39, 0.29) is 6.54 Å². The molecule has 9 heteroatoms. The van der Waals surface area contributed by atoms with Gasteiger partial charge in [0.2, 0.25) is 5.13 Å². The van der Waals surface area contributed by atoms with E-state index in [9.17, 15) is 9.59 Å². The molecule has 17 heavy (non-hydrogen) atoms. The Bertz CT molecular complexity index is 408. The highest BCUT2D eigenvalue weighted by Gasteiger charge is 2.14. The van der Waals surface area contributed by atoms with Gasteiger partial charge in [0.15, 0.2) is 6.10 Å². The number of hydrogen-bond donors (Lipinski definition) is 4. The Morgan fingerprint density at radius 2 is 2.18 bits per heavy atom. The third kappa shape index (κ3) is 4.33. The number of hydrogen-bond acceptors (Lipinski definition) is 6. The lowest BCUT2D eigenvalue weighted by molar-refractivity contribution is -0.146. The summed E-state index contributed by atoms with van der Waals surface area (Å²) in [5, 5.41) is 30.5. The van der Waals surface area contributed by atoms with Crippen molar-refractivity contribution in [2.45, 2.75) is 19.4 Å². The zero-order chi connectivity index (χ0) is 12.8. The highest BCUT2D eigenvalue weighted by molar-refractivity contribution is 7.15. The first kappa shape index (κ1) is 13.3. The number of carbonyl (C=O) groups excluding carboxylic acids is 1. The van der Waals surface area contributed by atoms with Gasteiger partial charge in [0.05, 0.1) is 6.54 Å². The molecule has 1 rings (SSSR count). The van der Waals surface area contributed by atoms with Crippen LogP contribution in [0.25, 0.3) is 0 Å². The van der Waals surface area contributed by atoms with E-state index < -0.39 is 18.1 Å². The van der Waals surface area contributed by atoms with E-state index in [0.717, 1.165) is 11.4 Å². The van der Waals surface area contributed by atoms with Gasteiger partial charge in [-0.2, -0.15) is 0 Å². The van der Waals surface area contributed by atoms with Gasteiger partial charge in [-0.15, -0.1) is 10.2 Å². The van der Waals surface area contributed by atoms with Gasteiger partial charge in [0, 0.05) is 0 Å². The minimum absolute atomic E-state index is 0.323. The van der Waals surface area contributed by atoms with Crippen LogP contribution in [0.5, 0.6) is 0 Å². The summed E-state index contributed by atoms with van der Waals surface area (Å²) in [6.45, 7) is 1.54. The van der Waals surface area contributed by atoms with Crippen molar-refractivity contribution in [2.75, 3.05) is 11.9 Å². The molecule has 1 aromatic heterocycles. The number of carboxylic acids is 1. The maximum absolute atomic E-state index is 11.2. The SMILES string of the molecule is CCc1nnc(NC(=O)NCC(O)C(=O)O)s1. The van der Waals surface area contributed by atoms with Crippen LogP contribution >= 0.6 is 11.3 Å². The molecule has 0 spiro atoms. The fourth-order valence-corrected chi connectivity index (χ4v) is 1.54. The molecule has 1 aromatic rings. The van der Waals surface area contributed by atoms with Crippen molar-refractivity contribution >= 4 is 28.5 Å². The molecule has 0 fully saturated rings. The predicted octanol–water partition coefficient (Wildman–Crippen LogP) is -0.333. The molecule has 0 aromatic carbocycles. The second kappa shape index (κ2) is 6.11. The summed E-state index contributed by atoms with van der Waals surface area (Å²) in [6, 6.07) is -0.635. The zero-order valence-electron chi connectivity index (χ0n) is 9.01. The van der Waals surface area contributed by atoms with Gasteiger partial charge < -0.3 is 15.5 Å². The topological polar surface area (TPSA) is 124 Å². The maximum atomic E-state index is 11.2. The van der Waals surface area contributed by atoms with E-state index in [4.69, 9.17) is 10.2 Å². The van der Waals surface area contributed by atoms with Crippen LogP contribution in [0.2, 0.25) is 0 Å². The lowest BCUT2D eigenvalue weighted by Gasteiger charge is -2.07. The largest absolute Gasteiger partial charge is 0.479 e. The Kier molecular flexibility index (Phi) is 4.79. The Morgan fingerprint density at radius 1 is 1.47 bits per heavy atom. The average molecular weight is 260 g/mol. The number of urea groups is 1. The Balaban J connectivity index is 2.37. The van der Waals surface area contributed by atoms with E-state index in [2.05, 4.69) is 20.8 Å². The summed E-state index contributed by atoms with van der Waals surface area (Å²) < 4.78 is 0. The Labute approximate surface area is 101 Å². The first-order valence-corrected chi connectivity index (χ1v) is 5.62. The molecular formula is C8H12N4O4S. The van der Waals surface area contributed by atoms with Crippen molar-refractivity contribution in [3.63, 3.8) is 0 Å². The molecule has 1 unspecified atom stereocenters. The van der Waals surface area contributed by atoms with Crippen molar-refractivity contribution in [2.24, 2.45) is 0 Å². The molecule has 1 atom stereocenters. The molecule has 0 saturated heterocycles. The van der Waals surface area contributed by atoms with E-state index >= 15 is 0 Å². The fourth-order valence-electron chi connectivity index (χ4n) is 0.865. The van der Waals surface area contributed by atoms with E-state index in [0.29, 0.717) is 5.13 Å². The van der Waals surface area contributed by atoms with Gasteiger partial charge in [0.25, 0.3) is 0 Å². The second-order valence-electron chi connectivity index (χ2n) is 3.04. The van der Waals surface area contributed by atoms with Gasteiger partial charge in [-0.3, -0.25) is 5.32 Å². The van der Waals surface area contributed by atoms with Gasteiger partial charge in [-0.1, -0.05) is 18.3 Å². The minimum Gasteiger partial charge on any atom is -0.479 e. The van der Waals surface area contributed by atoms with Crippen molar-refractivity contribution < 1.29 is 19.8 Å². The highest BCUT2D eigenvalue weighted by Crippen LogP contribution is 2.14. The summed E-state index contributed by atoms with van der Waals surface area (Å²) in [4.78, 5) is 21.5. The van der Waals surface area contributed by atoms with Crippen LogP contribution in [0.3, 0.4) is 0 Å². The summed E-state index contributed by atoms with van der Waals surface area (Å²) in [7, 11) is 0. The van der Waals surface area contributed by atoms with Gasteiger partial charge >= 0.3 is 12.0 Å². The summed E-state index contributed by atoms with van der Waals surface area (Å²) >= 11 is 1.23. The first-order valence-electron chi connectivity index (χ1n) is 4.81. The number of aliphatic hydroxyl groups is 1. The Hall–Kier alpha value is -1.74. The number of nitrogens with zero attached hydrogens (tertiary/aromatic N) is 2. The molecule has 94 valence electrons.